The summed E-state index contributed by atoms with van der Waals surface area (Å²) in [7, 11) is 0. The minimum absolute atomic E-state index is 0. The Kier molecular flexibility index (Phi) is 28.7. The molecule has 15 rings (SSSR count). The average molecular weight is 1590 g/mol. The van der Waals surface area contributed by atoms with E-state index in [-0.39, 0.29) is 165 Å². The van der Waals surface area contributed by atoms with Gasteiger partial charge in [0.05, 0.1) is 42.6 Å². The monoisotopic (exact) mass is 1590 g/mol. The number of imidazole rings is 3. The number of esters is 2. The van der Waals surface area contributed by atoms with E-state index in [9.17, 15) is 53.5 Å². The molecule has 6 aromatic heterocycles. The summed E-state index contributed by atoms with van der Waals surface area (Å²) >= 11 is 0. The smallest absolute Gasteiger partial charge is 1.00 e. The largest absolute Gasteiger partial charge is 1.00 e. The second-order valence-electron chi connectivity index (χ2n) is 25.5. The van der Waals surface area contributed by atoms with E-state index in [1.54, 1.807) is 158 Å². The second kappa shape index (κ2) is 37.9. The van der Waals surface area contributed by atoms with E-state index in [0.717, 1.165) is 9.80 Å². The van der Waals surface area contributed by atoms with Crippen LogP contribution < -0.4 is 71.6 Å². The zero-order valence-corrected chi connectivity index (χ0v) is 63.7. The zero-order valence-electron chi connectivity index (χ0n) is 60.6. The number of nitrogen functional groups attached to an aromatic ring is 1. The Morgan fingerprint density at radius 2 is 0.807 bits per heavy atom. The Labute approximate surface area is 688 Å². The fourth-order valence-electron chi connectivity index (χ4n) is 13.1. The minimum atomic E-state index is -1.32. The summed E-state index contributed by atoms with van der Waals surface area (Å²) < 4.78 is 62.5. The molecule has 0 saturated carbocycles. The van der Waals surface area contributed by atoms with Crippen LogP contribution in [-0.2, 0) is 23.7 Å². The first kappa shape index (κ1) is 86.5. The van der Waals surface area contributed by atoms with Gasteiger partial charge in [0, 0.05) is 34.1 Å². The third-order valence-electron chi connectivity index (χ3n) is 18.7. The molecular weight excluding hydrogens is 1520 g/mol. The molecule has 114 heavy (non-hydrogen) atoms. The van der Waals surface area contributed by atoms with Gasteiger partial charge in [-0.25, -0.2) is 34.3 Å². The van der Waals surface area contributed by atoms with Crippen LogP contribution in [0.15, 0.2) is 201 Å². The van der Waals surface area contributed by atoms with Crippen LogP contribution in [0.3, 0.4) is 0 Å². The summed E-state index contributed by atoms with van der Waals surface area (Å²) in [6.07, 6.45) is -5.79. The first-order valence-corrected chi connectivity index (χ1v) is 34.6. The number of imide groups is 2. The predicted molar refractivity (Wildman–Crippen MR) is 395 cm³/mol. The zero-order chi connectivity index (χ0) is 77.6. The maximum atomic E-state index is 15.2. The number of hydrogen-bond donors (Lipinski definition) is 4. The average Bonchev–Trinajstić information content (AvgIpc) is 1.58. The maximum Gasteiger partial charge on any atom is 1.00 e. The Morgan fingerprint density at radius 1 is 0.491 bits per heavy atom. The predicted octanol–water partition coefficient (Wildman–Crippen LogP) is 3.97. The molecule has 3 saturated heterocycles. The molecule has 3 aliphatic rings. The Bertz CT molecular complexity index is 5290. The molecule has 3 fully saturated rings. The molecule has 12 aromatic rings. The van der Waals surface area contributed by atoms with Crippen LogP contribution in [-0.4, -0.2) is 164 Å². The molecule has 0 bridgehead atoms. The number of benzene rings is 6. The standard InChI is InChI=1S/C33H28FN5O5.C33H28N6O7.C10H12FN5O4.CH4.2FH.K/c1-3-24-20(2)26(44-32(42)23-17-11-6-12-18-23)31(43-24)38-19-35-25-27(38)36-33(34)37-28(25)39(29(40)21-13-7-4-8-14-21)30(41)22-15-9-5-10-16-22;1-3-24-20(2)26(46-32(42)23-17-11-6-12-18-23)31(45-24)37-19-34-25-27(37)35-33(39(43)44)36-28(25)38(29(40)21-13-7-4-8-14-21)30(41)22-15-9-5-10-16-22;11-10-14-7(12)4-8(15-10)16(2-13-4)9-6(19)5(18)3(1-17)20-9;;;;/h4-20,24,26,31H,3H2,1-2H3;4-20,24,26,31H,3H2,1-2H3;2-3,5-6,9,17-19H,1H2,(H2,12,14,15);1H4;2*1H;/q;;;;;;+1/p-1/t2*20-,24-,26+,31-;3-,5-,6+,9-;;;;/m111..../s1/i34-1;;11-1;;1-1;;. The number of aliphatic hydroxyl groups excluding tert-OH is 3. The fraction of sp³-hybridized carbons (Fsp3) is 0.260. The van der Waals surface area contributed by atoms with Crippen molar-refractivity contribution in [2.24, 2.45) is 11.8 Å². The Hall–Kier alpha value is -11.5. The van der Waals surface area contributed by atoms with Crippen LogP contribution in [0, 0.1) is 34.1 Å². The van der Waals surface area contributed by atoms with Gasteiger partial charge in [-0.3, -0.25) is 37.6 Å². The number of fused-ring (bicyclic) bond motifs is 3. The summed E-state index contributed by atoms with van der Waals surface area (Å²) in [5.41, 5.74) is 6.91. The number of rotatable bonds is 17. The van der Waals surface area contributed by atoms with Crippen LogP contribution in [0.5, 0.6) is 0 Å². The first-order chi connectivity index (χ1) is 53.2. The Balaban J connectivity index is 0.000000205. The van der Waals surface area contributed by atoms with E-state index in [2.05, 4.69) is 44.9 Å². The van der Waals surface area contributed by atoms with Gasteiger partial charge < -0.3 is 59.6 Å². The quantitative estimate of drug-likeness (QED) is 0.0190. The van der Waals surface area contributed by atoms with Crippen LogP contribution >= 0.6 is 0 Å². The van der Waals surface area contributed by atoms with Gasteiger partial charge in [-0.05, 0) is 101 Å². The number of anilines is 3. The van der Waals surface area contributed by atoms with Crippen molar-refractivity contribution in [1.82, 2.24) is 58.6 Å². The van der Waals surface area contributed by atoms with Crippen LogP contribution in [0.1, 0.15) is 129 Å². The van der Waals surface area contributed by atoms with E-state index >= 15 is 4.39 Å². The van der Waals surface area contributed by atoms with E-state index < -0.39 is 114 Å². The molecule has 37 heteroatoms. The molecule has 586 valence electrons. The van der Waals surface area contributed by atoms with Crippen molar-refractivity contribution in [2.45, 2.75) is 109 Å². The molecule has 0 aliphatic carbocycles. The van der Waals surface area contributed by atoms with Crippen molar-refractivity contribution >= 4 is 92.5 Å². The van der Waals surface area contributed by atoms with Gasteiger partial charge in [0.25, 0.3) is 29.4 Å². The van der Waals surface area contributed by atoms with Crippen molar-refractivity contribution in [3.63, 3.8) is 0 Å². The third kappa shape index (κ3) is 17.6. The molecule has 6 aromatic carbocycles. The van der Waals surface area contributed by atoms with Crippen molar-refractivity contribution in [1.29, 1.82) is 0 Å². The minimum Gasteiger partial charge on any atom is -1.00 e. The fourth-order valence-corrected chi connectivity index (χ4v) is 13.1. The van der Waals surface area contributed by atoms with Crippen molar-refractivity contribution in [3.05, 3.63) is 257 Å². The Morgan fingerprint density at radius 3 is 1.16 bits per heavy atom. The van der Waals surface area contributed by atoms with Crippen LogP contribution in [0.25, 0.3) is 33.5 Å². The molecule has 3 aliphatic heterocycles. The summed E-state index contributed by atoms with van der Waals surface area (Å²) in [5, 5.41) is 40.8. The molecule has 32 nitrogen and oxygen atoms in total. The molecule has 0 radical (unpaired) electrons. The van der Waals surface area contributed by atoms with Gasteiger partial charge in [-0.2, -0.15) is 28.7 Å². The molecule has 9 heterocycles. The number of carbonyl (C=O) groups is 6. The van der Waals surface area contributed by atoms with Gasteiger partial charge in [0.15, 0.2) is 70.4 Å². The van der Waals surface area contributed by atoms with E-state index in [0.29, 0.717) is 24.0 Å². The van der Waals surface area contributed by atoms with E-state index in [4.69, 9.17) is 34.5 Å². The third-order valence-corrected chi connectivity index (χ3v) is 18.7. The summed E-state index contributed by atoms with van der Waals surface area (Å²) in [6.45, 7) is 7.22. The normalized spacial score (nSPS) is 20.5. The first-order valence-electron chi connectivity index (χ1n) is 34.6. The number of nitro groups is 1. The molecular formula is C77H73F4KN16O16. The molecule has 4 amide bonds. The van der Waals surface area contributed by atoms with Crippen molar-refractivity contribution < 1.29 is 142 Å². The van der Waals surface area contributed by atoms with Crippen molar-refractivity contribution in [3.8, 4) is 0 Å². The van der Waals surface area contributed by atoms with Crippen molar-refractivity contribution in [2.75, 3.05) is 22.1 Å². The molecule has 0 spiro atoms. The number of amides is 4. The summed E-state index contributed by atoms with van der Waals surface area (Å²) in [4.78, 5) is 130. The summed E-state index contributed by atoms with van der Waals surface area (Å²) in [6, 6.07) is 49.3. The number of aromatic nitrogens is 12. The second-order valence-corrected chi connectivity index (χ2v) is 25.5. The van der Waals surface area contributed by atoms with E-state index in [1.165, 1.54) is 56.9 Å². The summed E-state index contributed by atoms with van der Waals surface area (Å²) in [5.74, 6) is -6.31. The number of halogens is 4. The number of nitrogens with two attached hydrogens (primary N) is 1. The maximum absolute atomic E-state index is 15.2. The van der Waals surface area contributed by atoms with Crippen LogP contribution in [0.2, 0.25) is 0 Å². The van der Waals surface area contributed by atoms with Crippen LogP contribution in [0.4, 0.5) is 36.9 Å². The molecule has 12 atom stereocenters. The number of carbonyl (C=O) groups excluding carboxylic acids is 6. The van der Waals surface area contributed by atoms with Gasteiger partial charge >= 0.3 is 81.4 Å². The SMILES string of the molecule is C.CC[C@H]1O[C@@H](n2cnc3c(N(C(=O)c4ccccc4)C(=O)c4ccccc4)nc([18F])nc32)[C@@H](OC(=O)c2ccccc2)[C@@H]1C.CC[C@H]1O[C@@H](n2cnc3c(N(C(=O)c4ccccc4)C(=O)c4ccccc4)nc([N+](=O)[O-])nc32)[C@@H](OC(=O)c2ccccc2)[C@@H]1C.F.Nc1nc([18F])nc2c1ncn2[C@@H]1O[C@H](CO)[C@@H](O)[C@@H]1O.[18F-].[K+]. The van der Waals surface area contributed by atoms with Gasteiger partial charge in [0.1, 0.15) is 24.6 Å². The van der Waals surface area contributed by atoms with Gasteiger partial charge in [-0.15, -0.1) is 0 Å². The van der Waals surface area contributed by atoms with Gasteiger partial charge in [0.2, 0.25) is 5.65 Å². The number of nitrogens with zero attached hydrogens (tertiary/aromatic N) is 15. The number of hydrogen-bond acceptors (Lipinski definition) is 26. The topological polar surface area (TPSA) is 416 Å². The number of aliphatic hydroxyl groups is 3. The number of ether oxygens (including phenoxy) is 5. The van der Waals surface area contributed by atoms with E-state index in [1.807, 2.05) is 27.7 Å². The molecule has 5 N–H and O–H groups in total. The van der Waals surface area contributed by atoms with Gasteiger partial charge in [-0.1, -0.05) is 144 Å². The molecule has 0 unspecified atom stereocenters.